The van der Waals surface area contributed by atoms with Crippen LogP contribution in [0.5, 0.6) is 0 Å². The quantitative estimate of drug-likeness (QED) is 0.598. The number of aromatic nitrogens is 2. The summed E-state index contributed by atoms with van der Waals surface area (Å²) in [4.78, 5) is 10.7. The highest BCUT2D eigenvalue weighted by Crippen LogP contribution is 2.18. The van der Waals surface area contributed by atoms with E-state index in [0.717, 1.165) is 23.4 Å². The lowest BCUT2D eigenvalue weighted by atomic mass is 10.3. The fourth-order valence-electron chi connectivity index (χ4n) is 1.69. The molecule has 0 aliphatic heterocycles. The van der Waals surface area contributed by atoms with Gasteiger partial charge in [0.2, 0.25) is 0 Å². The van der Waals surface area contributed by atoms with Gasteiger partial charge in [-0.05, 0) is 18.2 Å². The van der Waals surface area contributed by atoms with E-state index >= 15 is 0 Å². The molecule has 5 heteroatoms. The third kappa shape index (κ3) is 2.87. The first-order chi connectivity index (χ1) is 8.70. The summed E-state index contributed by atoms with van der Waals surface area (Å²) in [6.45, 7) is 1.53. The van der Waals surface area contributed by atoms with Gasteiger partial charge in [-0.2, -0.15) is 0 Å². The number of pyridine rings is 1. The summed E-state index contributed by atoms with van der Waals surface area (Å²) in [7, 11) is 5.57. The van der Waals surface area contributed by atoms with E-state index in [1.807, 2.05) is 43.4 Å². The first-order valence-corrected chi connectivity index (χ1v) is 5.86. The summed E-state index contributed by atoms with van der Waals surface area (Å²) in [5, 5.41) is 0. The monoisotopic (exact) mass is 246 g/mol. The highest BCUT2D eigenvalue weighted by Gasteiger charge is 2.02. The molecule has 0 aliphatic rings. The van der Waals surface area contributed by atoms with Crippen LogP contribution in [0.1, 0.15) is 0 Å². The molecule has 2 aromatic heterocycles. The van der Waals surface area contributed by atoms with Crippen molar-refractivity contribution in [2.45, 2.75) is 6.54 Å². The molecule has 0 bridgehead atoms. The SMILES string of the molecule is COCCn1ccc2nc(N=CN(C)C)ccc21. The molecule has 0 N–H and O–H groups in total. The van der Waals surface area contributed by atoms with Crippen molar-refractivity contribution in [2.75, 3.05) is 27.8 Å². The van der Waals surface area contributed by atoms with E-state index in [1.165, 1.54) is 0 Å². The minimum atomic E-state index is 0.699. The number of rotatable bonds is 5. The van der Waals surface area contributed by atoms with Crippen molar-refractivity contribution in [3.05, 3.63) is 24.4 Å². The van der Waals surface area contributed by atoms with Crippen molar-refractivity contribution in [2.24, 2.45) is 4.99 Å². The summed E-state index contributed by atoms with van der Waals surface area (Å²) in [5.74, 6) is 0.723. The Morgan fingerprint density at radius 1 is 1.39 bits per heavy atom. The van der Waals surface area contributed by atoms with Crippen LogP contribution in [-0.2, 0) is 11.3 Å². The largest absolute Gasteiger partial charge is 0.383 e. The highest BCUT2D eigenvalue weighted by molar-refractivity contribution is 5.77. The van der Waals surface area contributed by atoms with Gasteiger partial charge >= 0.3 is 0 Å². The van der Waals surface area contributed by atoms with E-state index < -0.39 is 0 Å². The number of aliphatic imine (C=N–C) groups is 1. The van der Waals surface area contributed by atoms with Gasteiger partial charge in [0.1, 0.15) is 0 Å². The van der Waals surface area contributed by atoms with Gasteiger partial charge in [-0.3, -0.25) is 0 Å². The second-order valence-electron chi connectivity index (χ2n) is 4.28. The highest BCUT2D eigenvalue weighted by atomic mass is 16.5. The molecule has 0 saturated heterocycles. The van der Waals surface area contributed by atoms with Gasteiger partial charge in [-0.25, -0.2) is 9.98 Å². The normalized spacial score (nSPS) is 11.5. The molecule has 0 amide bonds. The van der Waals surface area contributed by atoms with Gasteiger partial charge in [0.05, 0.1) is 24.0 Å². The van der Waals surface area contributed by atoms with Gasteiger partial charge in [0, 0.05) is 33.9 Å². The number of hydrogen-bond acceptors (Lipinski definition) is 3. The van der Waals surface area contributed by atoms with E-state index in [0.29, 0.717) is 6.61 Å². The Bertz CT molecular complexity index is 545. The molecule has 0 aliphatic carbocycles. The molecule has 5 nitrogen and oxygen atoms in total. The maximum atomic E-state index is 5.08. The summed E-state index contributed by atoms with van der Waals surface area (Å²) in [6.07, 6.45) is 3.77. The number of methoxy groups -OCH3 is 1. The first-order valence-electron chi connectivity index (χ1n) is 5.86. The summed E-state index contributed by atoms with van der Waals surface area (Å²) >= 11 is 0. The van der Waals surface area contributed by atoms with Crippen LogP contribution in [0.2, 0.25) is 0 Å². The van der Waals surface area contributed by atoms with Gasteiger partial charge in [0.15, 0.2) is 5.82 Å². The van der Waals surface area contributed by atoms with Crippen molar-refractivity contribution >= 4 is 23.2 Å². The van der Waals surface area contributed by atoms with E-state index in [2.05, 4.69) is 14.5 Å². The zero-order valence-electron chi connectivity index (χ0n) is 11.0. The van der Waals surface area contributed by atoms with Crippen molar-refractivity contribution in [1.29, 1.82) is 0 Å². The van der Waals surface area contributed by atoms with Crippen LogP contribution in [0.25, 0.3) is 11.0 Å². The molecular weight excluding hydrogens is 228 g/mol. The van der Waals surface area contributed by atoms with Crippen LogP contribution in [-0.4, -0.2) is 48.6 Å². The second kappa shape index (κ2) is 5.64. The Morgan fingerprint density at radius 2 is 2.22 bits per heavy atom. The Labute approximate surface area is 107 Å². The fraction of sp³-hybridized carbons (Fsp3) is 0.385. The molecule has 2 aromatic rings. The maximum Gasteiger partial charge on any atom is 0.154 e. The minimum absolute atomic E-state index is 0.699. The van der Waals surface area contributed by atoms with Crippen LogP contribution < -0.4 is 0 Å². The zero-order chi connectivity index (χ0) is 13.0. The maximum absolute atomic E-state index is 5.08. The first kappa shape index (κ1) is 12.6. The Kier molecular flexibility index (Phi) is 3.94. The summed E-state index contributed by atoms with van der Waals surface area (Å²) in [5.41, 5.74) is 2.07. The molecule has 0 spiro atoms. The molecule has 18 heavy (non-hydrogen) atoms. The van der Waals surface area contributed by atoms with Crippen LogP contribution in [0.4, 0.5) is 5.82 Å². The summed E-state index contributed by atoms with van der Waals surface area (Å²) in [6, 6.07) is 5.96. The molecule has 0 aromatic carbocycles. The van der Waals surface area contributed by atoms with Crippen molar-refractivity contribution < 1.29 is 4.74 Å². The molecular formula is C13H18N4O. The van der Waals surface area contributed by atoms with Crippen LogP contribution in [0.3, 0.4) is 0 Å². The fourth-order valence-corrected chi connectivity index (χ4v) is 1.69. The van der Waals surface area contributed by atoms with E-state index in [9.17, 15) is 0 Å². The van der Waals surface area contributed by atoms with Crippen LogP contribution in [0.15, 0.2) is 29.4 Å². The number of fused-ring (bicyclic) bond motifs is 1. The molecule has 0 atom stereocenters. The number of ether oxygens (including phenoxy) is 1. The van der Waals surface area contributed by atoms with Gasteiger partial charge < -0.3 is 14.2 Å². The van der Waals surface area contributed by atoms with Gasteiger partial charge in [0.25, 0.3) is 0 Å². The van der Waals surface area contributed by atoms with Gasteiger partial charge in [-0.15, -0.1) is 0 Å². The number of hydrogen-bond donors (Lipinski definition) is 0. The van der Waals surface area contributed by atoms with Crippen molar-refractivity contribution in [3.8, 4) is 0 Å². The summed E-state index contributed by atoms with van der Waals surface area (Å²) < 4.78 is 7.21. The standard InChI is InChI=1S/C13H18N4O/c1-16(2)10-14-13-5-4-12-11(15-13)6-7-17(12)8-9-18-3/h4-7,10H,8-9H2,1-3H3. The Balaban J connectivity index is 2.25. The third-order valence-electron chi connectivity index (χ3n) is 2.57. The minimum Gasteiger partial charge on any atom is -0.383 e. The molecule has 2 rings (SSSR count). The van der Waals surface area contributed by atoms with E-state index in [1.54, 1.807) is 13.4 Å². The Hall–Kier alpha value is -1.88. The third-order valence-corrected chi connectivity index (χ3v) is 2.57. The molecule has 0 saturated carbocycles. The topological polar surface area (TPSA) is 42.6 Å². The number of nitrogens with zero attached hydrogens (tertiary/aromatic N) is 4. The predicted molar refractivity (Wildman–Crippen MR) is 73.4 cm³/mol. The molecule has 2 heterocycles. The molecule has 0 fully saturated rings. The lowest BCUT2D eigenvalue weighted by molar-refractivity contribution is 0.188. The predicted octanol–water partition coefficient (Wildman–Crippen LogP) is 1.90. The molecule has 0 radical (unpaired) electrons. The van der Waals surface area contributed by atoms with Crippen molar-refractivity contribution in [3.63, 3.8) is 0 Å². The van der Waals surface area contributed by atoms with Crippen molar-refractivity contribution in [1.82, 2.24) is 14.5 Å². The average Bonchev–Trinajstić information content (AvgIpc) is 2.76. The van der Waals surface area contributed by atoms with E-state index in [4.69, 9.17) is 4.74 Å². The molecule has 0 unspecified atom stereocenters. The van der Waals surface area contributed by atoms with Gasteiger partial charge in [-0.1, -0.05) is 0 Å². The smallest absolute Gasteiger partial charge is 0.154 e. The lowest BCUT2D eigenvalue weighted by Gasteiger charge is -2.04. The lowest BCUT2D eigenvalue weighted by Crippen LogP contribution is -2.07. The van der Waals surface area contributed by atoms with E-state index in [-0.39, 0.29) is 0 Å². The zero-order valence-corrected chi connectivity index (χ0v) is 11.0. The average molecular weight is 246 g/mol. The van der Waals surface area contributed by atoms with Crippen LogP contribution in [0, 0.1) is 0 Å². The molecule has 96 valence electrons. The Morgan fingerprint density at radius 3 is 2.94 bits per heavy atom. The second-order valence-corrected chi connectivity index (χ2v) is 4.28. The van der Waals surface area contributed by atoms with Crippen LogP contribution >= 0.6 is 0 Å².